The quantitative estimate of drug-likeness (QED) is 0.775. The highest BCUT2D eigenvalue weighted by Gasteiger charge is 2.26. The normalized spacial score (nSPS) is 18.5. The molecule has 1 N–H and O–H groups in total. The van der Waals surface area contributed by atoms with Gasteiger partial charge in [0.2, 0.25) is 10.0 Å². The number of morpholine rings is 1. The van der Waals surface area contributed by atoms with Crippen molar-refractivity contribution in [3.05, 3.63) is 58.6 Å². The highest BCUT2D eigenvalue weighted by atomic mass is 35.5. The summed E-state index contributed by atoms with van der Waals surface area (Å²) >= 11 is 6.17. The Hall–Kier alpha value is -1.64. The lowest BCUT2D eigenvalue weighted by atomic mass is 10.1. The standard InChI is InChI=1S/C20H23ClN2O4S/c21-17-3-1-2-15(12-17)19(23-7-10-26-11-8-23)14-22-28(24,25)18-4-5-20-16(13-18)6-9-27-20/h1-5,12-13,19,22H,6-11,14H2. The Balaban J connectivity index is 1.54. The number of nitrogens with one attached hydrogen (secondary N) is 1. The van der Waals surface area contributed by atoms with Gasteiger partial charge in [-0.15, -0.1) is 0 Å². The van der Waals surface area contributed by atoms with E-state index in [0.29, 0.717) is 24.8 Å². The number of hydrogen-bond donors (Lipinski definition) is 1. The fourth-order valence-electron chi connectivity index (χ4n) is 3.66. The van der Waals surface area contributed by atoms with Crippen molar-refractivity contribution in [2.24, 2.45) is 0 Å². The van der Waals surface area contributed by atoms with Crippen molar-refractivity contribution < 1.29 is 17.9 Å². The first-order valence-electron chi connectivity index (χ1n) is 9.35. The topological polar surface area (TPSA) is 67.9 Å². The van der Waals surface area contributed by atoms with Gasteiger partial charge in [0.15, 0.2) is 0 Å². The van der Waals surface area contributed by atoms with Gasteiger partial charge in [-0.25, -0.2) is 13.1 Å². The molecule has 0 spiro atoms. The van der Waals surface area contributed by atoms with E-state index in [9.17, 15) is 8.42 Å². The Kier molecular flexibility index (Phi) is 5.89. The van der Waals surface area contributed by atoms with Crippen molar-refractivity contribution in [3.63, 3.8) is 0 Å². The van der Waals surface area contributed by atoms with Crippen molar-refractivity contribution in [1.29, 1.82) is 0 Å². The number of ether oxygens (including phenoxy) is 2. The van der Waals surface area contributed by atoms with Gasteiger partial charge in [-0.1, -0.05) is 23.7 Å². The molecule has 2 heterocycles. The van der Waals surface area contributed by atoms with Crippen LogP contribution in [0.25, 0.3) is 0 Å². The van der Waals surface area contributed by atoms with E-state index in [1.807, 2.05) is 24.3 Å². The molecule has 4 rings (SSSR count). The zero-order chi connectivity index (χ0) is 19.6. The Morgan fingerprint density at radius 2 is 1.93 bits per heavy atom. The first-order chi connectivity index (χ1) is 13.5. The highest BCUT2D eigenvalue weighted by Crippen LogP contribution is 2.28. The van der Waals surface area contributed by atoms with Gasteiger partial charge in [-0.3, -0.25) is 4.90 Å². The maximum absolute atomic E-state index is 12.9. The van der Waals surface area contributed by atoms with Crippen LogP contribution in [0.1, 0.15) is 17.2 Å². The van der Waals surface area contributed by atoms with Crippen molar-refractivity contribution in [3.8, 4) is 5.75 Å². The molecule has 28 heavy (non-hydrogen) atoms. The number of nitrogens with zero attached hydrogens (tertiary/aromatic N) is 1. The fraction of sp³-hybridized carbons (Fsp3) is 0.400. The van der Waals surface area contributed by atoms with Crippen LogP contribution >= 0.6 is 11.6 Å². The van der Waals surface area contributed by atoms with E-state index in [1.165, 1.54) is 0 Å². The van der Waals surface area contributed by atoms with Crippen LogP contribution in [-0.4, -0.2) is 52.8 Å². The molecule has 8 heteroatoms. The van der Waals surface area contributed by atoms with Crippen LogP contribution < -0.4 is 9.46 Å². The third-order valence-corrected chi connectivity index (χ3v) is 6.81. The average Bonchev–Trinajstić information content (AvgIpc) is 3.17. The van der Waals surface area contributed by atoms with Crippen LogP contribution in [0.3, 0.4) is 0 Å². The third-order valence-electron chi connectivity index (χ3n) is 5.16. The molecule has 0 radical (unpaired) electrons. The molecule has 2 aliphatic rings. The minimum Gasteiger partial charge on any atom is -0.493 e. The Morgan fingerprint density at radius 3 is 2.71 bits per heavy atom. The number of fused-ring (bicyclic) bond motifs is 1. The van der Waals surface area contributed by atoms with Gasteiger partial charge in [0.1, 0.15) is 5.75 Å². The van der Waals surface area contributed by atoms with E-state index in [1.54, 1.807) is 18.2 Å². The molecule has 6 nitrogen and oxygen atoms in total. The summed E-state index contributed by atoms with van der Waals surface area (Å²) in [7, 11) is -3.63. The minimum absolute atomic E-state index is 0.116. The maximum Gasteiger partial charge on any atom is 0.240 e. The monoisotopic (exact) mass is 422 g/mol. The number of halogens is 1. The largest absolute Gasteiger partial charge is 0.493 e. The zero-order valence-electron chi connectivity index (χ0n) is 15.4. The molecular formula is C20H23ClN2O4S. The van der Waals surface area contributed by atoms with Crippen molar-refractivity contribution in [1.82, 2.24) is 9.62 Å². The van der Waals surface area contributed by atoms with Crippen LogP contribution in [0, 0.1) is 0 Å². The summed E-state index contributed by atoms with van der Waals surface area (Å²) in [5.74, 6) is 0.768. The summed E-state index contributed by atoms with van der Waals surface area (Å²) in [6.45, 7) is 3.61. The number of hydrogen-bond acceptors (Lipinski definition) is 5. The van der Waals surface area contributed by atoms with E-state index in [-0.39, 0.29) is 17.5 Å². The lowest BCUT2D eigenvalue weighted by Gasteiger charge is -2.35. The Bertz CT molecular complexity index is 945. The van der Waals surface area contributed by atoms with Crippen LogP contribution in [0.5, 0.6) is 5.75 Å². The second-order valence-electron chi connectivity index (χ2n) is 6.94. The lowest BCUT2D eigenvalue weighted by Crippen LogP contribution is -2.43. The van der Waals surface area contributed by atoms with Crippen molar-refractivity contribution in [2.45, 2.75) is 17.4 Å². The smallest absolute Gasteiger partial charge is 0.240 e. The first-order valence-corrected chi connectivity index (χ1v) is 11.2. The third kappa shape index (κ3) is 4.34. The van der Waals surface area contributed by atoms with Gasteiger partial charge in [-0.2, -0.15) is 0 Å². The summed E-state index contributed by atoms with van der Waals surface area (Å²) < 4.78 is 39.5. The van der Waals surface area contributed by atoms with E-state index in [2.05, 4.69) is 9.62 Å². The van der Waals surface area contributed by atoms with Gasteiger partial charge in [0.05, 0.1) is 24.7 Å². The Morgan fingerprint density at radius 1 is 1.11 bits per heavy atom. The number of benzene rings is 2. The van der Waals surface area contributed by atoms with E-state index in [4.69, 9.17) is 21.1 Å². The second-order valence-corrected chi connectivity index (χ2v) is 9.14. The van der Waals surface area contributed by atoms with Gasteiger partial charge in [0, 0.05) is 37.1 Å². The SMILES string of the molecule is O=S(=O)(NCC(c1cccc(Cl)c1)N1CCOCC1)c1ccc2c(c1)CCO2. The molecule has 0 aliphatic carbocycles. The summed E-state index contributed by atoms with van der Waals surface area (Å²) in [6, 6.07) is 12.5. The van der Waals surface area contributed by atoms with Crippen LogP contribution in [0.4, 0.5) is 0 Å². The van der Waals surface area contributed by atoms with Crippen molar-refractivity contribution >= 4 is 21.6 Å². The van der Waals surface area contributed by atoms with Gasteiger partial charge in [0.25, 0.3) is 0 Å². The number of sulfonamides is 1. The van der Waals surface area contributed by atoms with E-state index < -0.39 is 10.0 Å². The van der Waals surface area contributed by atoms with E-state index in [0.717, 1.165) is 36.4 Å². The molecule has 1 unspecified atom stereocenters. The zero-order valence-corrected chi connectivity index (χ0v) is 17.0. The van der Waals surface area contributed by atoms with Gasteiger partial charge in [-0.05, 0) is 41.5 Å². The number of rotatable bonds is 6. The predicted molar refractivity (Wildman–Crippen MR) is 107 cm³/mol. The summed E-state index contributed by atoms with van der Waals surface area (Å²) in [4.78, 5) is 2.50. The molecule has 150 valence electrons. The molecule has 0 saturated carbocycles. The molecule has 2 aliphatic heterocycles. The molecule has 0 amide bonds. The first kappa shape index (κ1) is 19.7. The maximum atomic E-state index is 12.9. The summed E-state index contributed by atoms with van der Waals surface area (Å²) in [6.07, 6.45) is 0.734. The average molecular weight is 423 g/mol. The molecule has 1 saturated heterocycles. The highest BCUT2D eigenvalue weighted by molar-refractivity contribution is 7.89. The molecular weight excluding hydrogens is 400 g/mol. The van der Waals surface area contributed by atoms with Crippen LogP contribution in [0.2, 0.25) is 5.02 Å². The van der Waals surface area contributed by atoms with Crippen molar-refractivity contribution in [2.75, 3.05) is 39.5 Å². The lowest BCUT2D eigenvalue weighted by molar-refractivity contribution is 0.0172. The predicted octanol–water partition coefficient (Wildman–Crippen LogP) is 2.63. The minimum atomic E-state index is -3.63. The van der Waals surface area contributed by atoms with Gasteiger partial charge >= 0.3 is 0 Å². The molecule has 1 atom stereocenters. The van der Waals surface area contributed by atoms with Gasteiger partial charge < -0.3 is 9.47 Å². The fourth-order valence-corrected chi connectivity index (χ4v) is 4.95. The molecule has 0 bridgehead atoms. The molecule has 0 aromatic heterocycles. The second kappa shape index (κ2) is 8.39. The molecule has 2 aromatic rings. The van der Waals surface area contributed by atoms with Crippen LogP contribution in [-0.2, 0) is 21.2 Å². The summed E-state index contributed by atoms with van der Waals surface area (Å²) in [5, 5.41) is 0.636. The molecule has 1 fully saturated rings. The summed E-state index contributed by atoms with van der Waals surface area (Å²) in [5.41, 5.74) is 1.92. The van der Waals surface area contributed by atoms with E-state index >= 15 is 0 Å². The van der Waals surface area contributed by atoms with Crippen LogP contribution in [0.15, 0.2) is 47.4 Å². The Labute approximate surface area is 170 Å². The molecule has 2 aromatic carbocycles.